The van der Waals surface area contributed by atoms with Crippen molar-refractivity contribution in [2.24, 2.45) is 0 Å². The van der Waals surface area contributed by atoms with E-state index < -0.39 is 0 Å². The predicted molar refractivity (Wildman–Crippen MR) is 76.1 cm³/mol. The topological polar surface area (TPSA) is 42.0 Å². The van der Waals surface area contributed by atoms with Gasteiger partial charge in [-0.2, -0.15) is 0 Å². The smallest absolute Gasteiger partial charge is 0.151 e. The number of hydrogen-bond donors (Lipinski definition) is 1. The fraction of sp³-hybridized carbons (Fsp3) is 0.250. The molecule has 0 spiro atoms. The van der Waals surface area contributed by atoms with Gasteiger partial charge in [-0.15, -0.1) is 0 Å². The van der Waals surface area contributed by atoms with E-state index >= 15 is 0 Å². The van der Waals surface area contributed by atoms with Gasteiger partial charge in [0.05, 0.1) is 0 Å². The minimum Gasteiger partial charge on any atom is -0.340 e. The van der Waals surface area contributed by atoms with Crippen molar-refractivity contribution < 1.29 is 4.79 Å². The van der Waals surface area contributed by atoms with E-state index in [2.05, 4.69) is 29.4 Å². The summed E-state index contributed by atoms with van der Waals surface area (Å²) in [4.78, 5) is 15.4. The number of aromatic nitrogens is 1. The Kier molecular flexibility index (Phi) is 3.03. The first-order valence-corrected chi connectivity index (χ1v) is 6.57. The normalized spacial score (nSPS) is 13.1. The maximum absolute atomic E-state index is 11.0. The molecule has 2 aromatic rings. The number of pyridine rings is 1. The molecule has 1 N–H and O–H groups in total. The van der Waals surface area contributed by atoms with Gasteiger partial charge in [0.15, 0.2) is 6.29 Å². The molecule has 0 atom stereocenters. The molecule has 0 bridgehead atoms. The standard InChI is InChI=1S/C16H16N2O/c1-11-4-2-5-13(8-11)18-16-15-7-3-6-14(15)12(10-19)9-17-16/h2,4-5,8-10H,3,6-7H2,1H3,(H,17,18). The Labute approximate surface area is 112 Å². The first kappa shape index (κ1) is 11.9. The molecule has 0 fully saturated rings. The van der Waals surface area contributed by atoms with Crippen LogP contribution in [0.15, 0.2) is 30.5 Å². The van der Waals surface area contributed by atoms with Crippen molar-refractivity contribution in [2.75, 3.05) is 5.32 Å². The average Bonchev–Trinajstić information content (AvgIpc) is 2.89. The van der Waals surface area contributed by atoms with E-state index in [1.165, 1.54) is 16.7 Å². The van der Waals surface area contributed by atoms with Crippen molar-refractivity contribution >= 4 is 17.8 Å². The molecular weight excluding hydrogens is 236 g/mol. The van der Waals surface area contributed by atoms with Crippen LogP contribution in [-0.2, 0) is 12.8 Å². The third-order valence-electron chi connectivity index (χ3n) is 3.59. The monoisotopic (exact) mass is 252 g/mol. The lowest BCUT2D eigenvalue weighted by atomic mass is 10.1. The Morgan fingerprint density at radius 2 is 2.11 bits per heavy atom. The molecule has 0 aliphatic heterocycles. The molecular formula is C16H16N2O. The maximum Gasteiger partial charge on any atom is 0.151 e. The van der Waals surface area contributed by atoms with Gasteiger partial charge in [-0.1, -0.05) is 12.1 Å². The molecule has 1 heterocycles. The van der Waals surface area contributed by atoms with Gasteiger partial charge in [0, 0.05) is 17.4 Å². The number of fused-ring (bicyclic) bond motifs is 1. The predicted octanol–water partition coefficient (Wildman–Crippen LogP) is 3.43. The first-order chi connectivity index (χ1) is 9.28. The summed E-state index contributed by atoms with van der Waals surface area (Å²) < 4.78 is 0. The second-order valence-electron chi connectivity index (χ2n) is 4.99. The minimum atomic E-state index is 0.738. The number of aldehydes is 1. The molecule has 0 amide bonds. The molecule has 0 saturated carbocycles. The van der Waals surface area contributed by atoms with E-state index in [1.54, 1.807) is 6.20 Å². The molecule has 0 unspecified atom stereocenters. The summed E-state index contributed by atoms with van der Waals surface area (Å²) in [7, 11) is 0. The number of anilines is 2. The zero-order valence-electron chi connectivity index (χ0n) is 10.9. The van der Waals surface area contributed by atoms with Crippen LogP contribution in [0.4, 0.5) is 11.5 Å². The second-order valence-corrected chi connectivity index (χ2v) is 4.99. The Hall–Kier alpha value is -2.16. The second kappa shape index (κ2) is 4.84. The lowest BCUT2D eigenvalue weighted by Crippen LogP contribution is -2.02. The third-order valence-corrected chi connectivity index (χ3v) is 3.59. The summed E-state index contributed by atoms with van der Waals surface area (Å²) in [5, 5.41) is 3.37. The summed E-state index contributed by atoms with van der Waals surface area (Å²) in [6, 6.07) is 8.22. The average molecular weight is 252 g/mol. The van der Waals surface area contributed by atoms with Crippen LogP contribution in [0, 0.1) is 6.92 Å². The molecule has 1 aromatic heterocycles. The number of aryl methyl sites for hydroxylation is 1. The molecule has 1 aromatic carbocycles. The van der Waals surface area contributed by atoms with Gasteiger partial charge >= 0.3 is 0 Å². The molecule has 0 saturated heterocycles. The summed E-state index contributed by atoms with van der Waals surface area (Å²) in [5.41, 5.74) is 5.36. The van der Waals surface area contributed by atoms with Gasteiger partial charge in [-0.25, -0.2) is 4.98 Å². The van der Waals surface area contributed by atoms with Crippen LogP contribution in [0.5, 0.6) is 0 Å². The van der Waals surface area contributed by atoms with Crippen LogP contribution in [-0.4, -0.2) is 11.3 Å². The zero-order valence-corrected chi connectivity index (χ0v) is 10.9. The Morgan fingerprint density at radius 3 is 2.89 bits per heavy atom. The molecule has 1 aliphatic rings. The summed E-state index contributed by atoms with van der Waals surface area (Å²) in [5.74, 6) is 0.892. The SMILES string of the molecule is Cc1cccc(Nc2ncc(C=O)c3c2CCC3)c1. The Bertz CT molecular complexity index is 635. The molecule has 19 heavy (non-hydrogen) atoms. The first-order valence-electron chi connectivity index (χ1n) is 6.57. The van der Waals surface area contributed by atoms with Crippen LogP contribution in [0.2, 0.25) is 0 Å². The van der Waals surface area contributed by atoms with Crippen molar-refractivity contribution in [3.05, 3.63) is 52.7 Å². The quantitative estimate of drug-likeness (QED) is 0.851. The highest BCUT2D eigenvalue weighted by molar-refractivity contribution is 5.80. The summed E-state index contributed by atoms with van der Waals surface area (Å²) in [6.07, 6.45) is 5.67. The fourth-order valence-corrected chi connectivity index (χ4v) is 2.68. The maximum atomic E-state index is 11.0. The number of rotatable bonds is 3. The van der Waals surface area contributed by atoms with E-state index in [-0.39, 0.29) is 0 Å². The number of carbonyl (C=O) groups is 1. The minimum absolute atomic E-state index is 0.738. The zero-order chi connectivity index (χ0) is 13.2. The molecule has 96 valence electrons. The summed E-state index contributed by atoms with van der Waals surface area (Å²) in [6.45, 7) is 2.07. The largest absolute Gasteiger partial charge is 0.340 e. The number of nitrogens with one attached hydrogen (secondary N) is 1. The number of carbonyl (C=O) groups excluding carboxylic acids is 1. The van der Waals surface area contributed by atoms with E-state index in [1.807, 2.05) is 12.1 Å². The molecule has 3 rings (SSSR count). The van der Waals surface area contributed by atoms with Crippen molar-refractivity contribution in [1.29, 1.82) is 0 Å². The van der Waals surface area contributed by atoms with Crippen LogP contribution in [0.25, 0.3) is 0 Å². The lowest BCUT2D eigenvalue weighted by molar-refractivity contribution is 0.112. The number of hydrogen-bond acceptors (Lipinski definition) is 3. The van der Waals surface area contributed by atoms with E-state index in [4.69, 9.17) is 0 Å². The van der Waals surface area contributed by atoms with E-state index in [0.29, 0.717) is 0 Å². The van der Waals surface area contributed by atoms with Crippen molar-refractivity contribution in [3.8, 4) is 0 Å². The van der Waals surface area contributed by atoms with Crippen molar-refractivity contribution in [2.45, 2.75) is 26.2 Å². The van der Waals surface area contributed by atoms with Crippen LogP contribution >= 0.6 is 0 Å². The lowest BCUT2D eigenvalue weighted by Gasteiger charge is -2.12. The van der Waals surface area contributed by atoms with Crippen molar-refractivity contribution in [1.82, 2.24) is 4.98 Å². The molecule has 1 aliphatic carbocycles. The Balaban J connectivity index is 1.98. The van der Waals surface area contributed by atoms with E-state index in [9.17, 15) is 4.79 Å². The fourth-order valence-electron chi connectivity index (χ4n) is 2.68. The molecule has 0 radical (unpaired) electrons. The van der Waals surface area contributed by atoms with Crippen LogP contribution < -0.4 is 5.32 Å². The third kappa shape index (κ3) is 2.24. The van der Waals surface area contributed by atoms with Crippen LogP contribution in [0.3, 0.4) is 0 Å². The van der Waals surface area contributed by atoms with E-state index in [0.717, 1.165) is 42.6 Å². The van der Waals surface area contributed by atoms with Gasteiger partial charge in [0.25, 0.3) is 0 Å². The number of benzene rings is 1. The van der Waals surface area contributed by atoms with Gasteiger partial charge in [-0.05, 0) is 55.0 Å². The highest BCUT2D eigenvalue weighted by Crippen LogP contribution is 2.31. The highest BCUT2D eigenvalue weighted by atomic mass is 16.1. The van der Waals surface area contributed by atoms with Crippen molar-refractivity contribution in [3.63, 3.8) is 0 Å². The highest BCUT2D eigenvalue weighted by Gasteiger charge is 2.19. The van der Waals surface area contributed by atoms with Gasteiger partial charge in [0.2, 0.25) is 0 Å². The molecule has 3 heteroatoms. The number of nitrogens with zero attached hydrogens (tertiary/aromatic N) is 1. The van der Waals surface area contributed by atoms with Gasteiger partial charge < -0.3 is 5.32 Å². The Morgan fingerprint density at radius 1 is 1.26 bits per heavy atom. The van der Waals surface area contributed by atoms with Gasteiger partial charge in [-0.3, -0.25) is 4.79 Å². The van der Waals surface area contributed by atoms with Gasteiger partial charge in [0.1, 0.15) is 5.82 Å². The van der Waals surface area contributed by atoms with Crippen LogP contribution in [0.1, 0.15) is 33.5 Å². The summed E-state index contributed by atoms with van der Waals surface area (Å²) >= 11 is 0. The molecule has 3 nitrogen and oxygen atoms in total.